The first-order chi connectivity index (χ1) is 22.7. The number of benzene rings is 1. The second kappa shape index (κ2) is 16.3. The third-order valence-corrected chi connectivity index (χ3v) is 9.23. The van der Waals surface area contributed by atoms with Crippen molar-refractivity contribution in [2.45, 2.75) is 77.1 Å². The van der Waals surface area contributed by atoms with E-state index in [9.17, 15) is 28.8 Å². The Hall–Kier alpha value is -3.44. The van der Waals surface area contributed by atoms with Crippen LogP contribution in [-0.2, 0) is 44.4 Å². The number of carbonyl (C=O) groups excluding carboxylic acids is 2. The molecular formula is C30H42FN4O12P. The summed E-state index contributed by atoms with van der Waals surface area (Å²) in [5.41, 5.74) is -4.50. The van der Waals surface area contributed by atoms with Gasteiger partial charge in [-0.15, -0.1) is 0 Å². The number of halogens is 1. The van der Waals surface area contributed by atoms with Crippen molar-refractivity contribution in [3.63, 3.8) is 0 Å². The molecule has 2 saturated heterocycles. The Kier molecular flexibility index (Phi) is 12.7. The molecule has 1 aromatic carbocycles. The highest BCUT2D eigenvalue weighted by molar-refractivity contribution is 7.52. The molecular weight excluding hydrogens is 658 g/mol. The lowest BCUT2D eigenvalue weighted by atomic mass is 9.98. The Bertz CT molecular complexity index is 1560. The second-order valence-corrected chi connectivity index (χ2v) is 13.5. The Labute approximate surface area is 276 Å². The normalized spacial score (nSPS) is 24.9. The van der Waals surface area contributed by atoms with Crippen molar-refractivity contribution in [2.24, 2.45) is 0 Å². The minimum atomic E-state index is -4.40. The fourth-order valence-corrected chi connectivity index (χ4v) is 6.47. The molecule has 266 valence electrons. The van der Waals surface area contributed by atoms with Crippen LogP contribution >= 0.6 is 7.75 Å². The van der Waals surface area contributed by atoms with Gasteiger partial charge < -0.3 is 28.6 Å². The van der Waals surface area contributed by atoms with Crippen molar-refractivity contribution < 1.29 is 51.6 Å². The number of aliphatic hydroxyl groups is 1. The highest BCUT2D eigenvalue weighted by Crippen LogP contribution is 2.47. The molecule has 2 aliphatic heterocycles. The highest BCUT2D eigenvalue weighted by Gasteiger charge is 2.56. The molecule has 1 unspecified atom stereocenters. The summed E-state index contributed by atoms with van der Waals surface area (Å²) in [4.78, 5) is 52.6. The van der Waals surface area contributed by atoms with Crippen LogP contribution in [0.1, 0.15) is 40.3 Å². The number of carbonyl (C=O) groups is 2. The number of aromatic nitrogens is 2. The van der Waals surface area contributed by atoms with E-state index in [1.807, 2.05) is 4.90 Å². The van der Waals surface area contributed by atoms with Crippen LogP contribution < -0.4 is 20.9 Å². The summed E-state index contributed by atoms with van der Waals surface area (Å²) in [5.74, 6) is -1.27. The summed E-state index contributed by atoms with van der Waals surface area (Å²) in [6.45, 7) is 7.05. The van der Waals surface area contributed by atoms with Gasteiger partial charge in [-0.1, -0.05) is 18.2 Å². The molecule has 0 spiro atoms. The summed E-state index contributed by atoms with van der Waals surface area (Å²) in [5, 5.41) is 13.4. The molecule has 1 aromatic heterocycles. The van der Waals surface area contributed by atoms with Gasteiger partial charge in [-0.25, -0.2) is 18.3 Å². The minimum Gasteiger partial charge on any atom is -0.462 e. The SMILES string of the molecule is CC(C)OC(=O)[C@H](C)NP(=O)(OC[C@H]1O[C@@H](n2ccc(=O)n(COC(=O)CCN3CCOCC3)c2=O)[C@](C)(F)[C@@H]1O)Oc1ccccc1. The van der Waals surface area contributed by atoms with Crippen LogP contribution in [-0.4, -0.2) is 101 Å². The smallest absolute Gasteiger partial charge is 0.459 e. The summed E-state index contributed by atoms with van der Waals surface area (Å²) >= 11 is 0. The Balaban J connectivity index is 1.46. The van der Waals surface area contributed by atoms with Crippen LogP contribution in [0.2, 0.25) is 0 Å². The fourth-order valence-electron chi connectivity index (χ4n) is 4.97. The molecule has 2 N–H and O–H groups in total. The van der Waals surface area contributed by atoms with E-state index in [1.54, 1.807) is 32.0 Å². The number of esters is 2. The average molecular weight is 701 g/mol. The van der Waals surface area contributed by atoms with E-state index in [0.717, 1.165) is 23.8 Å². The maximum absolute atomic E-state index is 16.1. The third kappa shape index (κ3) is 9.59. The lowest BCUT2D eigenvalue weighted by Crippen LogP contribution is -2.46. The molecule has 48 heavy (non-hydrogen) atoms. The van der Waals surface area contributed by atoms with Gasteiger partial charge in [0, 0.05) is 31.9 Å². The van der Waals surface area contributed by atoms with Gasteiger partial charge >= 0.3 is 25.4 Å². The van der Waals surface area contributed by atoms with E-state index >= 15 is 4.39 Å². The number of hydrogen-bond donors (Lipinski definition) is 2. The maximum atomic E-state index is 16.1. The van der Waals surface area contributed by atoms with Crippen molar-refractivity contribution >= 4 is 19.7 Å². The highest BCUT2D eigenvalue weighted by atomic mass is 31.2. The fraction of sp³-hybridized carbons (Fsp3) is 0.600. The first-order valence-electron chi connectivity index (χ1n) is 15.5. The first-order valence-corrected chi connectivity index (χ1v) is 17.0. The zero-order valence-electron chi connectivity index (χ0n) is 27.2. The summed E-state index contributed by atoms with van der Waals surface area (Å²) < 4.78 is 63.6. The van der Waals surface area contributed by atoms with E-state index in [4.69, 9.17) is 28.0 Å². The van der Waals surface area contributed by atoms with Crippen molar-refractivity contribution in [3.05, 3.63) is 63.4 Å². The first kappa shape index (κ1) is 37.4. The molecule has 18 heteroatoms. The van der Waals surface area contributed by atoms with Crippen molar-refractivity contribution in [3.8, 4) is 5.75 Å². The zero-order chi connectivity index (χ0) is 35.1. The molecule has 0 bridgehead atoms. The third-order valence-electron chi connectivity index (χ3n) is 7.59. The van der Waals surface area contributed by atoms with Crippen LogP contribution in [0.25, 0.3) is 0 Å². The lowest BCUT2D eigenvalue weighted by Gasteiger charge is -2.26. The van der Waals surface area contributed by atoms with Gasteiger partial charge in [0.25, 0.3) is 5.56 Å². The second-order valence-electron chi connectivity index (χ2n) is 11.8. The zero-order valence-corrected chi connectivity index (χ0v) is 28.1. The Morgan fingerprint density at radius 3 is 2.50 bits per heavy atom. The molecule has 0 amide bonds. The maximum Gasteiger partial charge on any atom is 0.459 e. The molecule has 2 aliphatic rings. The van der Waals surface area contributed by atoms with Crippen LogP contribution in [0.4, 0.5) is 4.39 Å². The molecule has 0 saturated carbocycles. The average Bonchev–Trinajstić information content (AvgIpc) is 3.26. The van der Waals surface area contributed by atoms with Gasteiger partial charge in [0.2, 0.25) is 0 Å². The molecule has 16 nitrogen and oxygen atoms in total. The number of nitrogens with zero attached hydrogens (tertiary/aromatic N) is 3. The number of alkyl halides is 1. The molecule has 2 aromatic rings. The van der Waals surface area contributed by atoms with Gasteiger partial charge in [0.05, 0.1) is 32.3 Å². The van der Waals surface area contributed by atoms with Gasteiger partial charge in [-0.2, -0.15) is 5.09 Å². The predicted molar refractivity (Wildman–Crippen MR) is 167 cm³/mol. The number of rotatable bonds is 15. The number of hydrogen-bond acceptors (Lipinski definition) is 13. The van der Waals surface area contributed by atoms with E-state index in [-0.39, 0.29) is 12.2 Å². The largest absolute Gasteiger partial charge is 0.462 e. The summed E-state index contributed by atoms with van der Waals surface area (Å²) in [7, 11) is -4.40. The van der Waals surface area contributed by atoms with Gasteiger partial charge in [-0.05, 0) is 39.8 Å². The van der Waals surface area contributed by atoms with E-state index in [0.29, 0.717) is 37.4 Å². The number of ether oxygens (including phenoxy) is 4. The van der Waals surface area contributed by atoms with E-state index in [1.165, 1.54) is 19.1 Å². The van der Waals surface area contributed by atoms with Crippen molar-refractivity contribution in [1.29, 1.82) is 0 Å². The standard InChI is InChI=1S/C30H42FN4O12P/c1-20(2)45-27(39)21(3)32-48(41,47-22-8-6-5-7-9-22)44-18-23-26(38)30(4,31)28(46-23)34-13-10-24(36)35(29(34)40)19-43-25(37)11-12-33-14-16-42-17-15-33/h5-10,13,20-21,23,26,28,38H,11-12,14-19H2,1-4H3,(H,32,41)/t21-,23+,26+,28+,30+,48?/m0/s1. The quantitative estimate of drug-likeness (QED) is 0.200. The van der Waals surface area contributed by atoms with Crippen LogP contribution in [0.5, 0.6) is 5.75 Å². The lowest BCUT2D eigenvalue weighted by molar-refractivity contribution is -0.149. The Morgan fingerprint density at radius 2 is 1.83 bits per heavy atom. The minimum absolute atomic E-state index is 0.0162. The van der Waals surface area contributed by atoms with E-state index < -0.39 is 80.5 Å². The van der Waals surface area contributed by atoms with Crippen LogP contribution in [0, 0.1) is 0 Å². The molecule has 3 heterocycles. The van der Waals surface area contributed by atoms with Crippen molar-refractivity contribution in [2.75, 3.05) is 39.5 Å². The van der Waals surface area contributed by atoms with Gasteiger partial charge in [-0.3, -0.25) is 28.4 Å². The van der Waals surface area contributed by atoms with Gasteiger partial charge in [0.15, 0.2) is 18.6 Å². The topological polar surface area (TPSA) is 186 Å². The van der Waals surface area contributed by atoms with Crippen molar-refractivity contribution in [1.82, 2.24) is 19.1 Å². The number of morpholine rings is 1. The molecule has 6 atom stereocenters. The molecule has 4 rings (SSSR count). The van der Waals surface area contributed by atoms with Crippen LogP contribution in [0.15, 0.2) is 52.2 Å². The Morgan fingerprint density at radius 1 is 1.15 bits per heavy atom. The number of nitrogens with one attached hydrogen (secondary N) is 1. The number of aliphatic hydroxyl groups excluding tert-OH is 1. The van der Waals surface area contributed by atoms with Crippen LogP contribution in [0.3, 0.4) is 0 Å². The number of para-hydroxylation sites is 1. The summed E-state index contributed by atoms with van der Waals surface area (Å²) in [6, 6.07) is 7.71. The molecule has 0 aliphatic carbocycles. The summed E-state index contributed by atoms with van der Waals surface area (Å²) in [6.07, 6.45) is -4.64. The van der Waals surface area contributed by atoms with E-state index in [2.05, 4.69) is 5.09 Å². The molecule has 0 radical (unpaired) electrons. The monoisotopic (exact) mass is 700 g/mol. The van der Waals surface area contributed by atoms with Gasteiger partial charge in [0.1, 0.15) is 24.0 Å². The predicted octanol–water partition coefficient (Wildman–Crippen LogP) is 1.35. The molecule has 2 fully saturated rings.